The molecule has 7 nitrogen and oxygen atoms in total. The topological polar surface area (TPSA) is 73.9 Å². The van der Waals surface area contributed by atoms with Gasteiger partial charge >= 0.3 is 0 Å². The molecule has 2 N–H and O–H groups in total. The molecule has 0 bridgehead atoms. The summed E-state index contributed by atoms with van der Waals surface area (Å²) in [4.78, 5) is 29.2. The molecule has 0 saturated carbocycles. The lowest BCUT2D eigenvalue weighted by Gasteiger charge is -2.35. The van der Waals surface area contributed by atoms with Gasteiger partial charge in [0.15, 0.2) is 6.10 Å². The highest BCUT2D eigenvalue weighted by Crippen LogP contribution is 2.33. The van der Waals surface area contributed by atoms with Crippen LogP contribution in [0, 0.1) is 5.92 Å². The number of carbonyl (C=O) groups is 2. The summed E-state index contributed by atoms with van der Waals surface area (Å²) in [5.41, 5.74) is 2.77. The zero-order chi connectivity index (χ0) is 21.8. The van der Waals surface area contributed by atoms with Gasteiger partial charge in [0.1, 0.15) is 5.75 Å². The number of fused-ring (bicyclic) bond motifs is 1. The summed E-state index contributed by atoms with van der Waals surface area (Å²) in [6.45, 7) is 4.92. The minimum atomic E-state index is -0.653. The Kier molecular flexibility index (Phi) is 6.30. The van der Waals surface area contributed by atoms with E-state index in [2.05, 4.69) is 34.6 Å². The van der Waals surface area contributed by atoms with Crippen molar-refractivity contribution in [3.63, 3.8) is 0 Å². The van der Waals surface area contributed by atoms with Gasteiger partial charge in [0.05, 0.1) is 18.8 Å². The fourth-order valence-electron chi connectivity index (χ4n) is 4.15. The van der Waals surface area contributed by atoms with Crippen LogP contribution in [0.1, 0.15) is 19.8 Å². The number of hydrogen-bond donors (Lipinski definition) is 2. The molecule has 0 radical (unpaired) electrons. The number of likely N-dealkylation sites (N-methyl/N-ethyl adjacent to an activating group) is 1. The molecule has 1 atom stereocenters. The molecule has 7 heteroatoms. The number of hydrogen-bond acceptors (Lipinski definition) is 5. The van der Waals surface area contributed by atoms with Crippen LogP contribution in [0.4, 0.5) is 17.1 Å². The van der Waals surface area contributed by atoms with Crippen LogP contribution in [0.2, 0.25) is 0 Å². The van der Waals surface area contributed by atoms with Crippen molar-refractivity contribution in [2.45, 2.75) is 25.9 Å². The number of carbonyl (C=O) groups excluding carboxylic acids is 2. The molecule has 2 aromatic rings. The smallest absolute Gasteiger partial charge is 0.262 e. The molecule has 2 amide bonds. The molecule has 2 aliphatic rings. The lowest BCUT2D eigenvalue weighted by atomic mass is 9.99. The average Bonchev–Trinajstić information content (AvgIpc) is 2.79. The monoisotopic (exact) mass is 422 g/mol. The first-order valence-electron chi connectivity index (χ1n) is 10.9. The number of benzene rings is 2. The Morgan fingerprint density at radius 1 is 1.06 bits per heavy atom. The Bertz CT molecular complexity index is 923. The maximum Gasteiger partial charge on any atom is 0.262 e. The molecule has 1 fully saturated rings. The van der Waals surface area contributed by atoms with E-state index in [1.54, 1.807) is 7.05 Å². The molecular weight excluding hydrogens is 392 g/mol. The third-order valence-electron chi connectivity index (χ3n) is 6.03. The van der Waals surface area contributed by atoms with E-state index in [1.165, 1.54) is 18.5 Å². The van der Waals surface area contributed by atoms with Crippen molar-refractivity contribution < 1.29 is 14.3 Å². The van der Waals surface area contributed by atoms with Crippen LogP contribution in [-0.2, 0) is 9.59 Å². The third kappa shape index (κ3) is 4.93. The van der Waals surface area contributed by atoms with E-state index < -0.39 is 6.10 Å². The fraction of sp³-hybridized carbons (Fsp3) is 0.417. The summed E-state index contributed by atoms with van der Waals surface area (Å²) in [5.74, 6) is 1.06. The van der Waals surface area contributed by atoms with Gasteiger partial charge in [-0.25, -0.2) is 0 Å². The van der Waals surface area contributed by atoms with E-state index in [1.807, 2.05) is 41.3 Å². The number of piperidine rings is 1. The number of amides is 2. The predicted octanol–water partition coefficient (Wildman–Crippen LogP) is 2.88. The van der Waals surface area contributed by atoms with Crippen LogP contribution in [0.25, 0.3) is 0 Å². The zero-order valence-corrected chi connectivity index (χ0v) is 18.1. The molecule has 1 saturated heterocycles. The van der Waals surface area contributed by atoms with Crippen molar-refractivity contribution in [1.29, 1.82) is 0 Å². The standard InChI is InChI=1S/C24H30N4O3/c1-17-11-13-27(14-12-17)19-9-7-18(8-10-19)26-23(29)16-28-15-22(24(30)25-2)31-21-6-4-3-5-20(21)28/h3-10,17,22H,11-16H2,1-2H3,(H,25,30)(H,26,29)/t22-/m1/s1. The van der Waals surface area contributed by atoms with Crippen LogP contribution in [0.3, 0.4) is 0 Å². The summed E-state index contributed by atoms with van der Waals surface area (Å²) in [5, 5.41) is 5.59. The maximum absolute atomic E-state index is 12.8. The van der Waals surface area contributed by atoms with E-state index >= 15 is 0 Å². The Morgan fingerprint density at radius 3 is 2.48 bits per heavy atom. The van der Waals surface area contributed by atoms with Crippen molar-refractivity contribution in [3.8, 4) is 5.75 Å². The lowest BCUT2D eigenvalue weighted by molar-refractivity contribution is -0.127. The van der Waals surface area contributed by atoms with E-state index in [9.17, 15) is 9.59 Å². The zero-order valence-electron chi connectivity index (χ0n) is 18.1. The van der Waals surface area contributed by atoms with E-state index in [-0.39, 0.29) is 18.4 Å². The second kappa shape index (κ2) is 9.29. The summed E-state index contributed by atoms with van der Waals surface area (Å²) >= 11 is 0. The highest BCUT2D eigenvalue weighted by molar-refractivity contribution is 5.95. The number of ether oxygens (including phenoxy) is 1. The molecule has 2 aliphatic heterocycles. The molecule has 164 valence electrons. The molecular formula is C24H30N4O3. The van der Waals surface area contributed by atoms with Gasteiger partial charge in [-0.3, -0.25) is 9.59 Å². The van der Waals surface area contributed by atoms with Crippen LogP contribution < -0.4 is 25.2 Å². The minimum Gasteiger partial charge on any atom is -0.477 e. The Labute approximate surface area is 183 Å². The van der Waals surface area contributed by atoms with Gasteiger partial charge in [0, 0.05) is 31.5 Å². The van der Waals surface area contributed by atoms with Gasteiger partial charge in [-0.05, 0) is 55.2 Å². The van der Waals surface area contributed by atoms with Crippen molar-refractivity contribution in [2.24, 2.45) is 5.92 Å². The Hall–Kier alpha value is -3.22. The highest BCUT2D eigenvalue weighted by atomic mass is 16.5. The van der Waals surface area contributed by atoms with Crippen LogP contribution in [0.5, 0.6) is 5.75 Å². The van der Waals surface area contributed by atoms with Crippen molar-refractivity contribution in [2.75, 3.05) is 48.3 Å². The molecule has 0 unspecified atom stereocenters. The van der Waals surface area contributed by atoms with Crippen LogP contribution >= 0.6 is 0 Å². The Balaban J connectivity index is 1.39. The molecule has 0 aliphatic carbocycles. The molecule has 0 aromatic heterocycles. The van der Waals surface area contributed by atoms with Crippen molar-refractivity contribution in [3.05, 3.63) is 48.5 Å². The summed E-state index contributed by atoms with van der Waals surface area (Å²) in [6, 6.07) is 15.5. The predicted molar refractivity (Wildman–Crippen MR) is 123 cm³/mol. The van der Waals surface area contributed by atoms with E-state index in [4.69, 9.17) is 4.74 Å². The third-order valence-corrected chi connectivity index (χ3v) is 6.03. The van der Waals surface area contributed by atoms with E-state index in [0.29, 0.717) is 12.3 Å². The fourth-order valence-corrected chi connectivity index (χ4v) is 4.15. The average molecular weight is 423 g/mol. The first-order chi connectivity index (χ1) is 15.0. The molecule has 2 heterocycles. The van der Waals surface area contributed by atoms with Gasteiger partial charge in [0.2, 0.25) is 5.91 Å². The van der Waals surface area contributed by atoms with Gasteiger partial charge in [-0.1, -0.05) is 19.1 Å². The van der Waals surface area contributed by atoms with Gasteiger partial charge in [-0.15, -0.1) is 0 Å². The second-order valence-corrected chi connectivity index (χ2v) is 8.33. The van der Waals surface area contributed by atoms with Gasteiger partial charge in [0.25, 0.3) is 5.91 Å². The number of nitrogens with one attached hydrogen (secondary N) is 2. The van der Waals surface area contributed by atoms with Gasteiger partial charge < -0.3 is 25.2 Å². The van der Waals surface area contributed by atoms with E-state index in [0.717, 1.165) is 30.4 Å². The second-order valence-electron chi connectivity index (χ2n) is 8.33. The molecule has 4 rings (SSSR count). The molecule has 0 spiro atoms. The summed E-state index contributed by atoms with van der Waals surface area (Å²) in [7, 11) is 1.58. The van der Waals surface area contributed by atoms with Crippen molar-refractivity contribution >= 4 is 28.9 Å². The number of anilines is 3. The maximum atomic E-state index is 12.8. The first kappa shape index (κ1) is 21.0. The quantitative estimate of drug-likeness (QED) is 0.775. The van der Waals surface area contributed by atoms with Crippen LogP contribution in [-0.4, -0.2) is 51.1 Å². The van der Waals surface area contributed by atoms with Crippen LogP contribution in [0.15, 0.2) is 48.5 Å². The Morgan fingerprint density at radius 2 is 1.77 bits per heavy atom. The number of rotatable bonds is 5. The number of para-hydroxylation sites is 2. The molecule has 2 aromatic carbocycles. The first-order valence-corrected chi connectivity index (χ1v) is 10.9. The van der Waals surface area contributed by atoms with Gasteiger partial charge in [-0.2, -0.15) is 0 Å². The largest absolute Gasteiger partial charge is 0.477 e. The van der Waals surface area contributed by atoms with Crippen molar-refractivity contribution in [1.82, 2.24) is 5.32 Å². The lowest BCUT2D eigenvalue weighted by Crippen LogP contribution is -2.50. The molecule has 31 heavy (non-hydrogen) atoms. The number of nitrogens with zero attached hydrogens (tertiary/aromatic N) is 2. The SMILES string of the molecule is CNC(=O)[C@H]1CN(CC(=O)Nc2ccc(N3CCC(C)CC3)cc2)c2ccccc2O1. The summed E-state index contributed by atoms with van der Waals surface area (Å²) < 4.78 is 5.80. The highest BCUT2D eigenvalue weighted by Gasteiger charge is 2.31. The normalized spacial score (nSPS) is 18.7. The minimum absolute atomic E-state index is 0.132. The summed E-state index contributed by atoms with van der Waals surface area (Å²) in [6.07, 6.45) is 1.78.